The standard InChI is InChI=1S/C20H22F3N7O2/c1-5-32-15-8-13(7-11(3)25-15)26-19(31)24-9-14-6-10(2)17(29-28-14)16-12(4)27-30-18(16)20(21,22)23/h6-8H,5,9H2,1-4H3,(H,27,30)(H2,24,25,26,31). The Labute approximate surface area is 181 Å². The number of amides is 2. The van der Waals surface area contributed by atoms with Crippen LogP contribution in [0, 0.1) is 20.8 Å². The number of carbonyl (C=O) groups is 1. The van der Waals surface area contributed by atoms with Crippen LogP contribution in [0.15, 0.2) is 18.2 Å². The maximum Gasteiger partial charge on any atom is 0.435 e. The van der Waals surface area contributed by atoms with Crippen molar-refractivity contribution in [2.45, 2.75) is 40.4 Å². The molecule has 32 heavy (non-hydrogen) atoms. The molecule has 0 spiro atoms. The predicted octanol–water partition coefficient (Wildman–Crippen LogP) is 3.93. The Kier molecular flexibility index (Phi) is 6.61. The summed E-state index contributed by atoms with van der Waals surface area (Å²) in [6, 6.07) is 4.36. The van der Waals surface area contributed by atoms with E-state index in [-0.39, 0.29) is 23.5 Å². The molecule has 170 valence electrons. The van der Waals surface area contributed by atoms with Crippen LogP contribution in [0.2, 0.25) is 0 Å². The molecule has 3 heterocycles. The van der Waals surface area contributed by atoms with Crippen LogP contribution in [-0.2, 0) is 12.7 Å². The number of carbonyl (C=O) groups excluding carboxylic acids is 1. The highest BCUT2D eigenvalue weighted by molar-refractivity contribution is 5.89. The van der Waals surface area contributed by atoms with Crippen LogP contribution in [0.1, 0.15) is 35.3 Å². The van der Waals surface area contributed by atoms with E-state index in [1.165, 1.54) is 6.92 Å². The van der Waals surface area contributed by atoms with Crippen LogP contribution in [0.4, 0.5) is 23.7 Å². The Morgan fingerprint density at radius 1 is 1.16 bits per heavy atom. The molecule has 0 fully saturated rings. The Morgan fingerprint density at radius 3 is 2.56 bits per heavy atom. The molecule has 0 aliphatic rings. The normalized spacial score (nSPS) is 11.3. The Balaban J connectivity index is 1.70. The summed E-state index contributed by atoms with van der Waals surface area (Å²) >= 11 is 0. The second-order valence-corrected chi connectivity index (χ2v) is 7.01. The number of anilines is 1. The van der Waals surface area contributed by atoms with Gasteiger partial charge in [-0.25, -0.2) is 9.78 Å². The van der Waals surface area contributed by atoms with Crippen LogP contribution >= 0.6 is 0 Å². The van der Waals surface area contributed by atoms with E-state index >= 15 is 0 Å². The van der Waals surface area contributed by atoms with Crippen molar-refractivity contribution in [1.82, 2.24) is 30.7 Å². The van der Waals surface area contributed by atoms with Gasteiger partial charge in [-0.15, -0.1) is 5.10 Å². The molecule has 0 saturated carbocycles. The number of halogens is 3. The van der Waals surface area contributed by atoms with Crippen LogP contribution in [0.3, 0.4) is 0 Å². The SMILES string of the molecule is CCOc1cc(NC(=O)NCc2cc(C)c(-c3c(C(F)(F)F)n[nH]c3C)nn2)cc(C)n1. The van der Waals surface area contributed by atoms with E-state index in [1.807, 2.05) is 6.92 Å². The second-order valence-electron chi connectivity index (χ2n) is 7.01. The average Bonchev–Trinajstić information content (AvgIpc) is 3.08. The first-order valence-corrected chi connectivity index (χ1v) is 9.70. The van der Waals surface area contributed by atoms with Crippen molar-refractivity contribution in [3.8, 4) is 17.1 Å². The summed E-state index contributed by atoms with van der Waals surface area (Å²) in [4.78, 5) is 16.4. The van der Waals surface area contributed by atoms with Gasteiger partial charge < -0.3 is 15.4 Å². The minimum Gasteiger partial charge on any atom is -0.478 e. The number of nitrogens with one attached hydrogen (secondary N) is 3. The van der Waals surface area contributed by atoms with Crippen LogP contribution in [0.5, 0.6) is 5.88 Å². The average molecular weight is 449 g/mol. The van der Waals surface area contributed by atoms with Gasteiger partial charge in [0, 0.05) is 23.1 Å². The molecule has 2 amide bonds. The summed E-state index contributed by atoms with van der Waals surface area (Å²) in [5, 5.41) is 18.9. The first-order chi connectivity index (χ1) is 15.1. The van der Waals surface area contributed by atoms with E-state index in [4.69, 9.17) is 4.74 Å². The van der Waals surface area contributed by atoms with Gasteiger partial charge in [-0.1, -0.05) is 0 Å². The van der Waals surface area contributed by atoms with Crippen molar-refractivity contribution in [2.75, 3.05) is 11.9 Å². The molecule has 0 saturated heterocycles. The number of aryl methyl sites for hydroxylation is 3. The van der Waals surface area contributed by atoms with Crippen molar-refractivity contribution >= 4 is 11.7 Å². The molecule has 0 aliphatic carbocycles. The fourth-order valence-electron chi connectivity index (χ4n) is 3.08. The predicted molar refractivity (Wildman–Crippen MR) is 110 cm³/mol. The van der Waals surface area contributed by atoms with Gasteiger partial charge in [0.1, 0.15) is 0 Å². The number of alkyl halides is 3. The molecule has 3 N–H and O–H groups in total. The van der Waals surface area contributed by atoms with E-state index in [2.05, 4.69) is 36.0 Å². The van der Waals surface area contributed by atoms with Crippen LogP contribution in [0.25, 0.3) is 11.3 Å². The lowest BCUT2D eigenvalue weighted by Crippen LogP contribution is -2.28. The number of hydrogen-bond donors (Lipinski definition) is 3. The monoisotopic (exact) mass is 449 g/mol. The number of rotatable bonds is 6. The molecule has 0 aromatic carbocycles. The van der Waals surface area contributed by atoms with Crippen LogP contribution < -0.4 is 15.4 Å². The number of nitrogens with zero attached hydrogens (tertiary/aromatic N) is 4. The zero-order valence-corrected chi connectivity index (χ0v) is 17.9. The lowest BCUT2D eigenvalue weighted by atomic mass is 10.0. The van der Waals surface area contributed by atoms with Crippen molar-refractivity contribution < 1.29 is 22.7 Å². The number of H-pyrrole nitrogens is 1. The van der Waals surface area contributed by atoms with Crippen molar-refractivity contribution in [3.63, 3.8) is 0 Å². The van der Waals surface area contributed by atoms with Gasteiger partial charge in [0.25, 0.3) is 0 Å². The molecule has 3 aromatic rings. The van der Waals surface area contributed by atoms with Gasteiger partial charge in [0.05, 0.1) is 30.1 Å². The third-order valence-electron chi connectivity index (χ3n) is 4.40. The molecule has 0 radical (unpaired) electrons. The maximum absolute atomic E-state index is 13.2. The summed E-state index contributed by atoms with van der Waals surface area (Å²) < 4.78 is 45.1. The third kappa shape index (κ3) is 5.31. The highest BCUT2D eigenvalue weighted by Crippen LogP contribution is 2.37. The quantitative estimate of drug-likeness (QED) is 0.525. The van der Waals surface area contributed by atoms with Crippen molar-refractivity contribution in [2.24, 2.45) is 0 Å². The molecule has 12 heteroatoms. The van der Waals surface area contributed by atoms with Gasteiger partial charge in [-0.05, 0) is 45.4 Å². The lowest BCUT2D eigenvalue weighted by molar-refractivity contribution is -0.140. The number of aromatic amines is 1. The minimum absolute atomic E-state index is 0.0266. The van der Waals surface area contributed by atoms with E-state index < -0.39 is 17.9 Å². The number of pyridine rings is 1. The molecule has 0 aliphatic heterocycles. The van der Waals surface area contributed by atoms with E-state index in [0.717, 1.165) is 0 Å². The number of urea groups is 1. The molecule has 9 nitrogen and oxygen atoms in total. The van der Waals surface area contributed by atoms with Gasteiger partial charge in [0.2, 0.25) is 5.88 Å². The first kappa shape index (κ1) is 23.0. The van der Waals surface area contributed by atoms with Gasteiger partial charge >= 0.3 is 12.2 Å². The molecule has 0 bridgehead atoms. The first-order valence-electron chi connectivity index (χ1n) is 9.70. The number of aromatic nitrogens is 5. The topological polar surface area (TPSA) is 118 Å². The maximum atomic E-state index is 13.2. The summed E-state index contributed by atoms with van der Waals surface area (Å²) in [5.41, 5.74) is 1.17. The number of ether oxygens (including phenoxy) is 1. The lowest BCUT2D eigenvalue weighted by Gasteiger charge is -2.11. The minimum atomic E-state index is -4.63. The Morgan fingerprint density at radius 2 is 1.91 bits per heavy atom. The molecular weight excluding hydrogens is 427 g/mol. The molecule has 0 atom stereocenters. The zero-order chi connectivity index (χ0) is 23.5. The second kappa shape index (κ2) is 9.20. The van der Waals surface area contributed by atoms with Crippen molar-refractivity contribution in [1.29, 1.82) is 0 Å². The van der Waals surface area contributed by atoms with E-state index in [9.17, 15) is 18.0 Å². The van der Waals surface area contributed by atoms with Gasteiger partial charge in [0.15, 0.2) is 5.69 Å². The highest BCUT2D eigenvalue weighted by Gasteiger charge is 2.38. The van der Waals surface area contributed by atoms with E-state index in [0.29, 0.717) is 35.1 Å². The molecule has 3 rings (SSSR count). The summed E-state index contributed by atoms with van der Waals surface area (Å²) in [7, 11) is 0. The molecular formula is C20H22F3N7O2. The van der Waals surface area contributed by atoms with Crippen LogP contribution in [-0.4, -0.2) is 38.0 Å². The molecule has 0 unspecified atom stereocenters. The van der Waals surface area contributed by atoms with E-state index in [1.54, 1.807) is 32.0 Å². The van der Waals surface area contributed by atoms with Gasteiger partial charge in [-0.3, -0.25) is 5.10 Å². The Bertz CT molecular complexity index is 1130. The Hall–Kier alpha value is -3.70. The summed E-state index contributed by atoms with van der Waals surface area (Å²) in [6.45, 7) is 7.18. The third-order valence-corrected chi connectivity index (χ3v) is 4.40. The fraction of sp³-hybridized carbons (Fsp3) is 0.350. The number of hydrogen-bond acceptors (Lipinski definition) is 6. The fourth-order valence-corrected chi connectivity index (χ4v) is 3.08. The van der Waals surface area contributed by atoms with Gasteiger partial charge in [-0.2, -0.15) is 23.4 Å². The summed E-state index contributed by atoms with van der Waals surface area (Å²) in [6.07, 6.45) is -4.63. The molecule has 3 aromatic heterocycles. The van der Waals surface area contributed by atoms with Crippen molar-refractivity contribution in [3.05, 3.63) is 46.5 Å². The summed E-state index contributed by atoms with van der Waals surface area (Å²) in [5.74, 6) is 0.396. The smallest absolute Gasteiger partial charge is 0.435 e. The zero-order valence-electron chi connectivity index (χ0n) is 17.9. The largest absolute Gasteiger partial charge is 0.478 e. The highest BCUT2D eigenvalue weighted by atomic mass is 19.4.